The summed E-state index contributed by atoms with van der Waals surface area (Å²) >= 11 is 2.17. The maximum absolute atomic E-state index is 13.8. The van der Waals surface area contributed by atoms with Crippen molar-refractivity contribution in [2.24, 2.45) is 7.05 Å². The molecule has 90 valence electrons. The molecule has 3 aromatic rings. The fraction of sp³-hybridized carbons (Fsp3) is 0.0769. The van der Waals surface area contributed by atoms with Crippen LogP contribution >= 0.6 is 22.6 Å². The van der Waals surface area contributed by atoms with Crippen molar-refractivity contribution in [2.45, 2.75) is 0 Å². The Labute approximate surface area is 117 Å². The second-order valence-electron chi connectivity index (χ2n) is 3.97. The molecule has 0 aliphatic carbocycles. The molecule has 2 heterocycles. The van der Waals surface area contributed by atoms with Crippen LogP contribution in [-0.4, -0.2) is 14.8 Å². The van der Waals surface area contributed by atoms with Crippen molar-refractivity contribution in [3.05, 3.63) is 46.2 Å². The van der Waals surface area contributed by atoms with E-state index in [4.69, 9.17) is 0 Å². The van der Waals surface area contributed by atoms with Crippen LogP contribution in [0.2, 0.25) is 0 Å². The molecule has 18 heavy (non-hydrogen) atoms. The number of aromatic nitrogens is 3. The average molecular weight is 353 g/mol. The van der Waals surface area contributed by atoms with Crippen LogP contribution in [0.3, 0.4) is 0 Å². The fourth-order valence-electron chi connectivity index (χ4n) is 2.08. The number of benzene rings is 1. The molecule has 3 rings (SSSR count). The lowest BCUT2D eigenvalue weighted by Crippen LogP contribution is -1.89. The van der Waals surface area contributed by atoms with Crippen molar-refractivity contribution in [1.82, 2.24) is 14.8 Å². The van der Waals surface area contributed by atoms with E-state index < -0.39 is 0 Å². The summed E-state index contributed by atoms with van der Waals surface area (Å²) < 4.78 is 16.5. The minimum Gasteiger partial charge on any atom is -0.267 e. The molecule has 0 saturated heterocycles. The van der Waals surface area contributed by atoms with E-state index in [2.05, 4.69) is 32.7 Å². The summed E-state index contributed by atoms with van der Waals surface area (Å²) in [6.07, 6.45) is 2.83. The third kappa shape index (κ3) is 1.69. The number of pyridine rings is 1. The molecule has 5 heteroatoms. The average Bonchev–Trinajstić information content (AvgIpc) is 2.66. The van der Waals surface area contributed by atoms with Gasteiger partial charge in [0.1, 0.15) is 9.52 Å². The van der Waals surface area contributed by atoms with Crippen LogP contribution in [0.25, 0.3) is 22.0 Å². The predicted molar refractivity (Wildman–Crippen MR) is 76.6 cm³/mol. The van der Waals surface area contributed by atoms with Crippen LogP contribution in [0.4, 0.5) is 4.39 Å². The summed E-state index contributed by atoms with van der Waals surface area (Å²) in [5, 5.41) is 5.35. The molecule has 0 bridgehead atoms. The topological polar surface area (TPSA) is 30.7 Å². The highest BCUT2D eigenvalue weighted by Gasteiger charge is 2.14. The largest absolute Gasteiger partial charge is 0.267 e. The van der Waals surface area contributed by atoms with Gasteiger partial charge in [-0.15, -0.1) is 0 Å². The molecule has 0 aliphatic rings. The van der Waals surface area contributed by atoms with Crippen LogP contribution in [0, 0.1) is 9.52 Å². The summed E-state index contributed by atoms with van der Waals surface area (Å²) in [6, 6.07) is 7.49. The van der Waals surface area contributed by atoms with E-state index >= 15 is 0 Å². The van der Waals surface area contributed by atoms with Gasteiger partial charge < -0.3 is 0 Å². The Kier molecular flexibility index (Phi) is 2.77. The highest BCUT2D eigenvalue weighted by atomic mass is 127. The molecule has 0 radical (unpaired) electrons. The summed E-state index contributed by atoms with van der Waals surface area (Å²) in [4.78, 5) is 3.78. The number of hydrogen-bond donors (Lipinski definition) is 0. The van der Waals surface area contributed by atoms with Gasteiger partial charge in [0.15, 0.2) is 0 Å². The lowest BCUT2D eigenvalue weighted by Gasteiger charge is -2.05. The van der Waals surface area contributed by atoms with Gasteiger partial charge in [-0.05, 0) is 40.3 Å². The van der Waals surface area contributed by atoms with Gasteiger partial charge in [0.25, 0.3) is 0 Å². The van der Waals surface area contributed by atoms with Gasteiger partial charge in [-0.2, -0.15) is 5.10 Å². The molecule has 0 aliphatic heterocycles. The minimum atomic E-state index is -0.315. The third-order valence-electron chi connectivity index (χ3n) is 2.90. The first-order valence-corrected chi connectivity index (χ1v) is 6.47. The highest BCUT2D eigenvalue weighted by Crippen LogP contribution is 2.32. The van der Waals surface area contributed by atoms with Gasteiger partial charge >= 0.3 is 0 Å². The van der Waals surface area contributed by atoms with Gasteiger partial charge in [-0.1, -0.05) is 12.1 Å². The van der Waals surface area contributed by atoms with Crippen molar-refractivity contribution < 1.29 is 4.39 Å². The maximum Gasteiger partial charge on any atom is 0.149 e. The molecule has 0 amide bonds. The monoisotopic (exact) mass is 353 g/mol. The first kappa shape index (κ1) is 11.6. The molecule has 0 N–H and O–H groups in total. The smallest absolute Gasteiger partial charge is 0.149 e. The van der Waals surface area contributed by atoms with E-state index in [9.17, 15) is 4.39 Å². The van der Waals surface area contributed by atoms with Gasteiger partial charge in [0, 0.05) is 24.2 Å². The zero-order valence-corrected chi connectivity index (χ0v) is 11.7. The zero-order valence-electron chi connectivity index (χ0n) is 9.56. The fourth-order valence-corrected chi connectivity index (χ4v) is 2.97. The van der Waals surface area contributed by atoms with Crippen molar-refractivity contribution >= 4 is 33.5 Å². The first-order chi connectivity index (χ1) is 8.68. The maximum atomic E-state index is 13.8. The normalized spacial score (nSPS) is 11.1. The number of nitrogens with zero attached hydrogens (tertiary/aromatic N) is 3. The molecule has 0 spiro atoms. The summed E-state index contributed by atoms with van der Waals surface area (Å²) in [7, 11) is 1.89. The highest BCUT2D eigenvalue weighted by molar-refractivity contribution is 14.1. The molecule has 0 unspecified atom stereocenters. The van der Waals surface area contributed by atoms with Gasteiger partial charge in [0.05, 0.1) is 11.7 Å². The number of aryl methyl sites for hydroxylation is 1. The Morgan fingerprint density at radius 1 is 1.22 bits per heavy atom. The van der Waals surface area contributed by atoms with E-state index in [-0.39, 0.29) is 5.82 Å². The van der Waals surface area contributed by atoms with Crippen LogP contribution in [0.1, 0.15) is 0 Å². The van der Waals surface area contributed by atoms with Crippen molar-refractivity contribution in [2.75, 3.05) is 0 Å². The second kappa shape index (κ2) is 4.31. The Hall–Kier alpha value is -1.50. The van der Waals surface area contributed by atoms with Crippen LogP contribution in [0.5, 0.6) is 0 Å². The molecular weight excluding hydrogens is 344 g/mol. The Morgan fingerprint density at radius 2 is 2.06 bits per heavy atom. The van der Waals surface area contributed by atoms with Crippen LogP contribution in [-0.2, 0) is 7.05 Å². The second-order valence-corrected chi connectivity index (χ2v) is 4.99. The zero-order chi connectivity index (χ0) is 12.7. The number of fused-ring (bicyclic) bond motifs is 1. The molecule has 0 atom stereocenters. The number of rotatable bonds is 1. The molecule has 2 aromatic heterocycles. The van der Waals surface area contributed by atoms with E-state index in [0.717, 1.165) is 20.2 Å². The molecule has 1 aromatic carbocycles. The lowest BCUT2D eigenvalue weighted by atomic mass is 10.0. The molecule has 0 saturated carbocycles. The van der Waals surface area contributed by atoms with E-state index in [1.54, 1.807) is 16.9 Å². The van der Waals surface area contributed by atoms with Crippen LogP contribution < -0.4 is 0 Å². The van der Waals surface area contributed by atoms with E-state index in [1.807, 2.05) is 25.2 Å². The Balaban J connectivity index is 2.40. The first-order valence-electron chi connectivity index (χ1n) is 5.39. The Morgan fingerprint density at radius 3 is 2.83 bits per heavy atom. The number of halogens is 2. The summed E-state index contributed by atoms with van der Waals surface area (Å²) in [5.41, 5.74) is 2.40. The van der Waals surface area contributed by atoms with Crippen molar-refractivity contribution in [1.29, 1.82) is 0 Å². The van der Waals surface area contributed by atoms with Gasteiger partial charge in [-0.3, -0.25) is 9.67 Å². The van der Waals surface area contributed by atoms with E-state index in [0.29, 0.717) is 5.56 Å². The third-order valence-corrected chi connectivity index (χ3v) is 3.65. The standard InChI is InChI=1S/C13H9FIN3/c1-18-11-4-2-3-9(12(11)13(15)17-18)8-5-6-16-7-10(8)14/h2-7H,1H3. The van der Waals surface area contributed by atoms with E-state index in [1.165, 1.54) is 6.20 Å². The predicted octanol–water partition coefficient (Wildman–Crippen LogP) is 3.38. The number of hydrogen-bond acceptors (Lipinski definition) is 2. The van der Waals surface area contributed by atoms with Gasteiger partial charge in [-0.25, -0.2) is 4.39 Å². The quantitative estimate of drug-likeness (QED) is 0.628. The van der Waals surface area contributed by atoms with Crippen LogP contribution in [0.15, 0.2) is 36.7 Å². The molecule has 0 fully saturated rings. The van der Waals surface area contributed by atoms with Crippen molar-refractivity contribution in [3.63, 3.8) is 0 Å². The van der Waals surface area contributed by atoms with Crippen molar-refractivity contribution in [3.8, 4) is 11.1 Å². The lowest BCUT2D eigenvalue weighted by molar-refractivity contribution is 0.625. The van der Waals surface area contributed by atoms with Gasteiger partial charge in [0.2, 0.25) is 0 Å². The summed E-state index contributed by atoms with van der Waals surface area (Å²) in [6.45, 7) is 0. The molecular formula is C13H9FIN3. The SMILES string of the molecule is Cn1nc(I)c2c(-c3ccncc3F)cccc21. The Bertz CT molecular complexity index is 736. The minimum absolute atomic E-state index is 0.315. The summed E-state index contributed by atoms with van der Waals surface area (Å²) in [5.74, 6) is -0.315. The molecule has 3 nitrogen and oxygen atoms in total.